The number of carbonyl (C=O) groups is 1. The highest BCUT2D eigenvalue weighted by Gasteiger charge is 2.24. The maximum atomic E-state index is 11.9. The summed E-state index contributed by atoms with van der Waals surface area (Å²) in [6.45, 7) is 0. The number of nitrogens with zero attached hydrogens (tertiary/aromatic N) is 1. The molecule has 0 radical (unpaired) electrons. The van der Waals surface area contributed by atoms with E-state index in [-0.39, 0.29) is 11.7 Å². The molecule has 3 nitrogen and oxygen atoms in total. The average Bonchev–Trinajstić information content (AvgIpc) is 3.03. The molecule has 0 spiro atoms. The van der Waals surface area contributed by atoms with Crippen molar-refractivity contribution in [3.05, 3.63) is 29.3 Å². The van der Waals surface area contributed by atoms with Gasteiger partial charge in [-0.1, -0.05) is 6.07 Å². The first-order chi connectivity index (χ1) is 7.58. The number of hydrogen-bond acceptors (Lipinski definition) is 2. The van der Waals surface area contributed by atoms with Crippen LogP contribution in [-0.2, 0) is 6.42 Å². The number of benzene rings is 1. The molecular weight excluding hydrogens is 202 g/mol. The molecule has 1 amide bonds. The lowest BCUT2D eigenvalue weighted by Gasteiger charge is -2.14. The fourth-order valence-electron chi connectivity index (χ4n) is 1.82. The summed E-state index contributed by atoms with van der Waals surface area (Å²) in [6.07, 6.45) is 3.47. The molecule has 1 aromatic rings. The summed E-state index contributed by atoms with van der Waals surface area (Å²) in [4.78, 5) is 13.5. The second-order valence-corrected chi connectivity index (χ2v) is 4.69. The zero-order valence-electron chi connectivity index (χ0n) is 9.73. The summed E-state index contributed by atoms with van der Waals surface area (Å²) >= 11 is 0. The SMILES string of the molecule is CN(C)C(=O)c1cc(O)ccc1CC1CC1. The van der Waals surface area contributed by atoms with Gasteiger partial charge in [0.2, 0.25) is 0 Å². The first-order valence-corrected chi connectivity index (χ1v) is 5.61. The van der Waals surface area contributed by atoms with Crippen LogP contribution in [0.25, 0.3) is 0 Å². The van der Waals surface area contributed by atoms with Crippen LogP contribution in [-0.4, -0.2) is 30.0 Å². The predicted molar refractivity (Wildman–Crippen MR) is 62.6 cm³/mol. The second kappa shape index (κ2) is 4.16. The van der Waals surface area contributed by atoms with Crippen LogP contribution in [0.15, 0.2) is 18.2 Å². The summed E-state index contributed by atoms with van der Waals surface area (Å²) in [6, 6.07) is 5.09. The van der Waals surface area contributed by atoms with Crippen LogP contribution < -0.4 is 0 Å². The van der Waals surface area contributed by atoms with Crippen LogP contribution in [0.3, 0.4) is 0 Å². The Morgan fingerprint density at radius 1 is 1.44 bits per heavy atom. The van der Waals surface area contributed by atoms with Crippen molar-refractivity contribution in [2.24, 2.45) is 5.92 Å². The molecule has 86 valence electrons. The van der Waals surface area contributed by atoms with Gasteiger partial charge in [-0.15, -0.1) is 0 Å². The summed E-state index contributed by atoms with van der Waals surface area (Å²) in [5.74, 6) is 0.856. The Hall–Kier alpha value is -1.51. The molecule has 0 unspecified atom stereocenters. The molecule has 0 saturated heterocycles. The molecule has 0 atom stereocenters. The number of aromatic hydroxyl groups is 1. The number of amides is 1. The quantitative estimate of drug-likeness (QED) is 0.845. The minimum absolute atomic E-state index is 0.0356. The minimum Gasteiger partial charge on any atom is -0.508 e. The number of rotatable bonds is 3. The van der Waals surface area contributed by atoms with Gasteiger partial charge in [-0.3, -0.25) is 4.79 Å². The minimum atomic E-state index is -0.0356. The topological polar surface area (TPSA) is 40.5 Å². The lowest BCUT2D eigenvalue weighted by Crippen LogP contribution is -2.23. The van der Waals surface area contributed by atoms with Crippen molar-refractivity contribution < 1.29 is 9.90 Å². The second-order valence-electron chi connectivity index (χ2n) is 4.69. The molecule has 1 N–H and O–H groups in total. The Kier molecular flexibility index (Phi) is 2.86. The van der Waals surface area contributed by atoms with Crippen molar-refractivity contribution in [2.45, 2.75) is 19.3 Å². The lowest BCUT2D eigenvalue weighted by molar-refractivity contribution is 0.0826. The van der Waals surface area contributed by atoms with Gasteiger partial charge >= 0.3 is 0 Å². The van der Waals surface area contributed by atoms with E-state index in [0.29, 0.717) is 5.56 Å². The third-order valence-corrected chi connectivity index (χ3v) is 2.94. The first kappa shape index (κ1) is 11.0. The standard InChI is InChI=1S/C13H17NO2/c1-14(2)13(16)12-8-11(15)6-5-10(12)7-9-3-4-9/h5-6,8-9,15H,3-4,7H2,1-2H3. The molecule has 1 fully saturated rings. The summed E-state index contributed by atoms with van der Waals surface area (Å²) < 4.78 is 0. The highest BCUT2D eigenvalue weighted by atomic mass is 16.3. The van der Waals surface area contributed by atoms with E-state index in [1.807, 2.05) is 6.07 Å². The first-order valence-electron chi connectivity index (χ1n) is 5.61. The summed E-state index contributed by atoms with van der Waals surface area (Å²) in [7, 11) is 3.46. The molecule has 0 heterocycles. The monoisotopic (exact) mass is 219 g/mol. The van der Waals surface area contributed by atoms with E-state index in [9.17, 15) is 9.90 Å². The van der Waals surface area contributed by atoms with Crippen LogP contribution >= 0.6 is 0 Å². The third-order valence-electron chi connectivity index (χ3n) is 2.94. The highest BCUT2D eigenvalue weighted by Crippen LogP contribution is 2.34. The van der Waals surface area contributed by atoms with Gasteiger partial charge in [0.05, 0.1) is 0 Å². The van der Waals surface area contributed by atoms with Gasteiger partial charge in [0, 0.05) is 19.7 Å². The van der Waals surface area contributed by atoms with Gasteiger partial charge in [0.1, 0.15) is 5.75 Å². The fraction of sp³-hybridized carbons (Fsp3) is 0.462. The van der Waals surface area contributed by atoms with E-state index in [0.717, 1.165) is 17.9 Å². The van der Waals surface area contributed by atoms with E-state index in [2.05, 4.69) is 0 Å². The van der Waals surface area contributed by atoms with Crippen molar-refractivity contribution in [1.29, 1.82) is 0 Å². The highest BCUT2D eigenvalue weighted by molar-refractivity contribution is 5.95. The van der Waals surface area contributed by atoms with E-state index >= 15 is 0 Å². The zero-order valence-corrected chi connectivity index (χ0v) is 9.73. The molecule has 1 aliphatic carbocycles. The van der Waals surface area contributed by atoms with Gasteiger partial charge in [-0.2, -0.15) is 0 Å². The van der Waals surface area contributed by atoms with Gasteiger partial charge in [0.15, 0.2) is 0 Å². The van der Waals surface area contributed by atoms with E-state index in [4.69, 9.17) is 0 Å². The van der Waals surface area contributed by atoms with Crippen LogP contribution in [0, 0.1) is 5.92 Å². The Morgan fingerprint density at radius 2 is 2.12 bits per heavy atom. The van der Waals surface area contributed by atoms with Crippen LogP contribution in [0.2, 0.25) is 0 Å². The van der Waals surface area contributed by atoms with Gasteiger partial charge in [0.25, 0.3) is 5.91 Å². The van der Waals surface area contributed by atoms with Crippen molar-refractivity contribution in [3.8, 4) is 5.75 Å². The summed E-state index contributed by atoms with van der Waals surface area (Å²) in [5.41, 5.74) is 1.69. The Balaban J connectivity index is 2.30. The van der Waals surface area contributed by atoms with Crippen molar-refractivity contribution >= 4 is 5.91 Å². The maximum absolute atomic E-state index is 11.9. The number of hydrogen-bond donors (Lipinski definition) is 1. The number of carbonyl (C=O) groups excluding carboxylic acids is 1. The van der Waals surface area contributed by atoms with Gasteiger partial charge < -0.3 is 10.0 Å². The van der Waals surface area contributed by atoms with E-state index in [1.54, 1.807) is 31.1 Å². The number of phenolic OH excluding ortho intramolecular Hbond substituents is 1. The van der Waals surface area contributed by atoms with Crippen molar-refractivity contribution in [3.63, 3.8) is 0 Å². The summed E-state index contributed by atoms with van der Waals surface area (Å²) in [5, 5.41) is 9.45. The molecule has 3 heteroatoms. The van der Waals surface area contributed by atoms with E-state index < -0.39 is 0 Å². The zero-order chi connectivity index (χ0) is 11.7. The predicted octanol–water partition coefficient (Wildman–Crippen LogP) is 2.05. The smallest absolute Gasteiger partial charge is 0.253 e. The normalized spacial score (nSPS) is 14.9. The largest absolute Gasteiger partial charge is 0.508 e. The fourth-order valence-corrected chi connectivity index (χ4v) is 1.82. The number of phenols is 1. The molecule has 1 aliphatic rings. The van der Waals surface area contributed by atoms with Gasteiger partial charge in [-0.05, 0) is 42.9 Å². The third kappa shape index (κ3) is 2.35. The van der Waals surface area contributed by atoms with Crippen LogP contribution in [0.5, 0.6) is 5.75 Å². The Morgan fingerprint density at radius 3 is 2.69 bits per heavy atom. The maximum Gasteiger partial charge on any atom is 0.253 e. The molecular formula is C13H17NO2. The van der Waals surface area contributed by atoms with Crippen molar-refractivity contribution in [2.75, 3.05) is 14.1 Å². The van der Waals surface area contributed by atoms with E-state index in [1.165, 1.54) is 12.8 Å². The van der Waals surface area contributed by atoms with Gasteiger partial charge in [-0.25, -0.2) is 0 Å². The molecule has 16 heavy (non-hydrogen) atoms. The lowest BCUT2D eigenvalue weighted by atomic mass is 10.0. The molecule has 2 rings (SSSR count). The molecule has 1 saturated carbocycles. The Labute approximate surface area is 95.7 Å². The Bertz CT molecular complexity index is 408. The van der Waals surface area contributed by atoms with Crippen LogP contribution in [0.4, 0.5) is 0 Å². The van der Waals surface area contributed by atoms with Crippen LogP contribution in [0.1, 0.15) is 28.8 Å². The molecule has 0 bridgehead atoms. The van der Waals surface area contributed by atoms with Crippen molar-refractivity contribution in [1.82, 2.24) is 4.90 Å². The molecule has 0 aromatic heterocycles. The molecule has 1 aromatic carbocycles. The average molecular weight is 219 g/mol. The molecule has 0 aliphatic heterocycles.